The highest BCUT2D eigenvalue weighted by atomic mass is 19.1. The van der Waals surface area contributed by atoms with Crippen LogP contribution in [0.1, 0.15) is 23.1 Å². The van der Waals surface area contributed by atoms with Crippen LogP contribution in [0.5, 0.6) is 0 Å². The molecule has 3 aromatic rings. The number of rotatable bonds is 6. The minimum absolute atomic E-state index is 0.0958. The Morgan fingerprint density at radius 2 is 1.81 bits per heavy atom. The quantitative estimate of drug-likeness (QED) is 0.699. The maximum Gasteiger partial charge on any atom is 0.123 e. The van der Waals surface area contributed by atoms with Crippen LogP contribution in [-0.4, -0.2) is 33.3 Å². The van der Waals surface area contributed by atoms with Gasteiger partial charge in [-0.15, -0.1) is 0 Å². The third-order valence-corrected chi connectivity index (χ3v) is 5.34. The molecule has 1 aromatic heterocycles. The monoisotopic (exact) mass is 365 g/mol. The molecule has 2 N–H and O–H groups in total. The van der Waals surface area contributed by atoms with Crippen LogP contribution in [0.2, 0.25) is 0 Å². The van der Waals surface area contributed by atoms with Gasteiger partial charge >= 0.3 is 0 Å². The van der Waals surface area contributed by atoms with E-state index >= 15 is 0 Å². The van der Waals surface area contributed by atoms with Crippen molar-refractivity contribution in [3.8, 4) is 11.3 Å². The van der Waals surface area contributed by atoms with Gasteiger partial charge in [-0.05, 0) is 60.7 Å². The highest BCUT2D eigenvalue weighted by Gasteiger charge is 2.24. The molecule has 0 saturated carbocycles. The summed E-state index contributed by atoms with van der Waals surface area (Å²) in [5.41, 5.74) is 5.37. The smallest absolute Gasteiger partial charge is 0.123 e. The van der Waals surface area contributed by atoms with Gasteiger partial charge in [-0.3, -0.25) is 10.00 Å². The molecule has 1 aliphatic rings. The van der Waals surface area contributed by atoms with E-state index in [1.54, 1.807) is 12.1 Å². The van der Waals surface area contributed by atoms with Crippen molar-refractivity contribution >= 4 is 0 Å². The van der Waals surface area contributed by atoms with E-state index in [4.69, 9.17) is 5.11 Å². The first kappa shape index (κ1) is 17.9. The van der Waals surface area contributed by atoms with Gasteiger partial charge in [0.25, 0.3) is 0 Å². The van der Waals surface area contributed by atoms with E-state index in [2.05, 4.69) is 27.2 Å². The average Bonchev–Trinajstić information content (AvgIpc) is 3.33. The van der Waals surface area contributed by atoms with Crippen LogP contribution in [0.4, 0.5) is 4.39 Å². The molecule has 4 nitrogen and oxygen atoms in total. The second kappa shape index (κ2) is 8.03. The summed E-state index contributed by atoms with van der Waals surface area (Å²) in [6, 6.07) is 14.8. The van der Waals surface area contributed by atoms with Crippen molar-refractivity contribution in [1.29, 1.82) is 0 Å². The molecule has 1 atom stereocenters. The second-order valence-electron chi connectivity index (χ2n) is 7.35. The van der Waals surface area contributed by atoms with Gasteiger partial charge in [0.05, 0.1) is 18.5 Å². The Balaban J connectivity index is 1.37. The predicted octanol–water partition coefficient (Wildman–Crippen LogP) is 3.77. The van der Waals surface area contributed by atoms with E-state index in [-0.39, 0.29) is 12.4 Å². The highest BCUT2D eigenvalue weighted by molar-refractivity contribution is 5.62. The Kier molecular flexibility index (Phi) is 5.32. The molecule has 0 amide bonds. The Bertz CT molecular complexity index is 873. The Labute approximate surface area is 158 Å². The van der Waals surface area contributed by atoms with E-state index in [1.807, 2.05) is 18.3 Å². The SMILES string of the molecule is OCc1ccc(C[C@H]2CCN(Cc3cn[nH]c3-c3ccc(F)cc3)C2)cc1. The number of aliphatic hydroxyl groups is 1. The molecular formula is C22H24FN3O. The van der Waals surface area contributed by atoms with Crippen LogP contribution in [0.25, 0.3) is 11.3 Å². The van der Waals surface area contributed by atoms with Crippen molar-refractivity contribution in [3.63, 3.8) is 0 Å². The standard InChI is InChI=1S/C22H24FN3O/c23-21-7-5-19(6-8-21)22-20(12-24-25-22)14-26-10-9-18(13-26)11-16-1-3-17(15-27)4-2-16/h1-8,12,18,27H,9-11,13-15H2,(H,24,25)/t18-/m1/s1. The molecule has 2 aromatic carbocycles. The van der Waals surface area contributed by atoms with Crippen LogP contribution >= 0.6 is 0 Å². The van der Waals surface area contributed by atoms with Crippen LogP contribution in [0.3, 0.4) is 0 Å². The van der Waals surface area contributed by atoms with Crippen LogP contribution < -0.4 is 0 Å². The lowest BCUT2D eigenvalue weighted by molar-refractivity contribution is 0.282. The van der Waals surface area contributed by atoms with Crippen molar-refractivity contribution < 1.29 is 9.50 Å². The largest absolute Gasteiger partial charge is 0.392 e. The molecule has 0 radical (unpaired) electrons. The molecule has 2 heterocycles. The first-order valence-corrected chi connectivity index (χ1v) is 9.40. The molecule has 1 saturated heterocycles. The molecule has 0 aliphatic carbocycles. The van der Waals surface area contributed by atoms with E-state index < -0.39 is 0 Å². The average molecular weight is 365 g/mol. The van der Waals surface area contributed by atoms with Gasteiger partial charge in [0.15, 0.2) is 0 Å². The normalized spacial score (nSPS) is 17.5. The summed E-state index contributed by atoms with van der Waals surface area (Å²) < 4.78 is 13.2. The predicted molar refractivity (Wildman–Crippen MR) is 103 cm³/mol. The van der Waals surface area contributed by atoms with Crippen molar-refractivity contribution in [2.24, 2.45) is 5.92 Å². The number of hydrogen-bond donors (Lipinski definition) is 2. The van der Waals surface area contributed by atoms with Gasteiger partial charge in [-0.2, -0.15) is 5.10 Å². The molecular weight excluding hydrogens is 341 g/mol. The van der Waals surface area contributed by atoms with Gasteiger partial charge in [0.2, 0.25) is 0 Å². The lowest BCUT2D eigenvalue weighted by Crippen LogP contribution is -2.20. The Morgan fingerprint density at radius 1 is 1.07 bits per heavy atom. The lowest BCUT2D eigenvalue weighted by atomic mass is 9.98. The number of aromatic amines is 1. The molecule has 0 bridgehead atoms. The van der Waals surface area contributed by atoms with Gasteiger partial charge in [0, 0.05) is 24.2 Å². The van der Waals surface area contributed by atoms with Crippen molar-refractivity contribution in [2.45, 2.75) is 26.0 Å². The van der Waals surface area contributed by atoms with Crippen molar-refractivity contribution in [3.05, 3.63) is 77.2 Å². The minimum Gasteiger partial charge on any atom is -0.392 e. The zero-order valence-electron chi connectivity index (χ0n) is 15.2. The number of benzene rings is 2. The van der Waals surface area contributed by atoms with Gasteiger partial charge in [-0.25, -0.2) is 4.39 Å². The molecule has 0 unspecified atom stereocenters. The first-order valence-electron chi connectivity index (χ1n) is 9.40. The third-order valence-electron chi connectivity index (χ3n) is 5.34. The second-order valence-corrected chi connectivity index (χ2v) is 7.35. The fourth-order valence-corrected chi connectivity index (χ4v) is 3.88. The summed E-state index contributed by atoms with van der Waals surface area (Å²) in [4.78, 5) is 2.46. The molecule has 27 heavy (non-hydrogen) atoms. The first-order chi connectivity index (χ1) is 13.2. The maximum absolute atomic E-state index is 13.2. The summed E-state index contributed by atoms with van der Waals surface area (Å²) >= 11 is 0. The lowest BCUT2D eigenvalue weighted by Gasteiger charge is -2.16. The fourth-order valence-electron chi connectivity index (χ4n) is 3.88. The number of halogens is 1. The molecule has 140 valence electrons. The maximum atomic E-state index is 13.2. The van der Waals surface area contributed by atoms with Crippen LogP contribution in [-0.2, 0) is 19.6 Å². The zero-order valence-corrected chi connectivity index (χ0v) is 15.2. The number of nitrogens with one attached hydrogen (secondary N) is 1. The van der Waals surface area contributed by atoms with Crippen molar-refractivity contribution in [1.82, 2.24) is 15.1 Å². The number of likely N-dealkylation sites (tertiary alicyclic amines) is 1. The highest BCUT2D eigenvalue weighted by Crippen LogP contribution is 2.26. The van der Waals surface area contributed by atoms with E-state index in [0.717, 1.165) is 48.4 Å². The Hall–Kier alpha value is -2.50. The molecule has 4 rings (SSSR count). The van der Waals surface area contributed by atoms with Crippen LogP contribution in [0.15, 0.2) is 54.7 Å². The summed E-state index contributed by atoms with van der Waals surface area (Å²) in [5.74, 6) is 0.417. The molecule has 1 aliphatic heterocycles. The third kappa shape index (κ3) is 4.26. The topological polar surface area (TPSA) is 52.1 Å². The minimum atomic E-state index is -0.228. The number of aliphatic hydroxyl groups excluding tert-OH is 1. The number of nitrogens with zero attached hydrogens (tertiary/aromatic N) is 2. The molecule has 1 fully saturated rings. The number of aromatic nitrogens is 2. The van der Waals surface area contributed by atoms with E-state index in [1.165, 1.54) is 24.1 Å². The van der Waals surface area contributed by atoms with Crippen molar-refractivity contribution in [2.75, 3.05) is 13.1 Å². The van der Waals surface area contributed by atoms with Gasteiger partial charge in [-0.1, -0.05) is 24.3 Å². The summed E-state index contributed by atoms with van der Waals surface area (Å²) in [6.45, 7) is 3.09. The van der Waals surface area contributed by atoms with E-state index in [0.29, 0.717) is 5.92 Å². The zero-order chi connectivity index (χ0) is 18.6. The van der Waals surface area contributed by atoms with E-state index in [9.17, 15) is 4.39 Å². The van der Waals surface area contributed by atoms with Gasteiger partial charge < -0.3 is 5.11 Å². The number of H-pyrrole nitrogens is 1. The van der Waals surface area contributed by atoms with Gasteiger partial charge in [0.1, 0.15) is 5.82 Å². The summed E-state index contributed by atoms with van der Waals surface area (Å²) in [6.07, 6.45) is 4.13. The fraction of sp³-hybridized carbons (Fsp3) is 0.318. The Morgan fingerprint density at radius 3 is 2.56 bits per heavy atom. The summed E-state index contributed by atoms with van der Waals surface area (Å²) in [5, 5.41) is 16.4. The molecule has 5 heteroatoms. The van der Waals surface area contributed by atoms with Crippen LogP contribution in [0, 0.1) is 11.7 Å². The molecule has 0 spiro atoms. The number of hydrogen-bond acceptors (Lipinski definition) is 3. The summed E-state index contributed by atoms with van der Waals surface area (Å²) in [7, 11) is 0.